The number of hydrogen-bond donors (Lipinski definition) is 2. The van der Waals surface area contributed by atoms with Crippen LogP contribution in [0.1, 0.15) is 43.2 Å². The molecular formula is C25H29N5. The second kappa shape index (κ2) is 8.67. The number of aromatic nitrogens is 4. The Labute approximate surface area is 178 Å². The summed E-state index contributed by atoms with van der Waals surface area (Å²) in [5, 5.41) is 15.3. The highest BCUT2D eigenvalue weighted by molar-refractivity contribution is 5.67. The van der Waals surface area contributed by atoms with Crippen LogP contribution < -0.4 is 5.32 Å². The molecule has 0 unspecified atom stereocenters. The molecule has 0 atom stereocenters. The van der Waals surface area contributed by atoms with Crippen LogP contribution in [0, 0.1) is 0 Å². The van der Waals surface area contributed by atoms with Crippen molar-refractivity contribution in [2.24, 2.45) is 0 Å². The number of aromatic amines is 1. The molecule has 2 heterocycles. The van der Waals surface area contributed by atoms with Crippen molar-refractivity contribution in [2.75, 3.05) is 0 Å². The third-order valence-corrected chi connectivity index (χ3v) is 5.28. The van der Waals surface area contributed by atoms with Gasteiger partial charge in [0.05, 0.1) is 12.7 Å². The van der Waals surface area contributed by atoms with Crippen LogP contribution in [0.5, 0.6) is 0 Å². The highest BCUT2D eigenvalue weighted by atomic mass is 15.3. The van der Waals surface area contributed by atoms with Gasteiger partial charge in [0, 0.05) is 42.2 Å². The Morgan fingerprint density at radius 2 is 1.70 bits per heavy atom. The average molecular weight is 400 g/mol. The number of benzene rings is 2. The monoisotopic (exact) mass is 399 g/mol. The van der Waals surface area contributed by atoms with Crippen molar-refractivity contribution >= 4 is 0 Å². The lowest BCUT2D eigenvalue weighted by atomic mass is 9.89. The van der Waals surface area contributed by atoms with Gasteiger partial charge in [-0.3, -0.25) is 9.78 Å². The molecule has 0 radical (unpaired) electrons. The molecule has 0 aliphatic carbocycles. The third kappa shape index (κ3) is 4.69. The lowest BCUT2D eigenvalue weighted by Gasteiger charge is -2.19. The van der Waals surface area contributed by atoms with Crippen LogP contribution in [0.2, 0.25) is 0 Å². The van der Waals surface area contributed by atoms with Gasteiger partial charge in [0.25, 0.3) is 0 Å². The van der Waals surface area contributed by atoms with Gasteiger partial charge in [0.15, 0.2) is 0 Å². The Morgan fingerprint density at radius 1 is 0.933 bits per heavy atom. The molecule has 5 nitrogen and oxygen atoms in total. The zero-order chi connectivity index (χ0) is 21.0. The average Bonchev–Trinajstić information content (AvgIpc) is 3.41. The maximum absolute atomic E-state index is 4.28. The van der Waals surface area contributed by atoms with Crippen molar-refractivity contribution in [2.45, 2.75) is 45.8 Å². The molecule has 2 aromatic heterocycles. The van der Waals surface area contributed by atoms with E-state index in [0.29, 0.717) is 0 Å². The summed E-state index contributed by atoms with van der Waals surface area (Å²) in [7, 11) is 0. The zero-order valence-electron chi connectivity index (χ0n) is 17.9. The van der Waals surface area contributed by atoms with E-state index < -0.39 is 0 Å². The Hall–Kier alpha value is -3.18. The molecule has 30 heavy (non-hydrogen) atoms. The third-order valence-electron chi connectivity index (χ3n) is 5.28. The summed E-state index contributed by atoms with van der Waals surface area (Å²) in [6, 6.07) is 19.3. The number of hydrogen-bond acceptors (Lipinski definition) is 3. The summed E-state index contributed by atoms with van der Waals surface area (Å²) in [5.74, 6) is 0. The molecular weight excluding hydrogens is 370 g/mol. The Bertz CT molecular complexity index is 1070. The molecule has 0 aliphatic heterocycles. The number of nitrogens with one attached hydrogen (secondary N) is 2. The number of H-pyrrole nitrogens is 1. The first-order chi connectivity index (χ1) is 14.5. The van der Waals surface area contributed by atoms with Crippen molar-refractivity contribution in [3.63, 3.8) is 0 Å². The molecule has 0 fully saturated rings. The van der Waals surface area contributed by atoms with Crippen LogP contribution in [0.15, 0.2) is 73.2 Å². The van der Waals surface area contributed by atoms with E-state index in [1.165, 1.54) is 33.5 Å². The maximum Gasteiger partial charge on any atom is 0.0659 e. The van der Waals surface area contributed by atoms with Crippen LogP contribution in [0.3, 0.4) is 0 Å². The quantitative estimate of drug-likeness (QED) is 0.464. The lowest BCUT2D eigenvalue weighted by molar-refractivity contribution is 0.553. The molecule has 4 aromatic rings. The van der Waals surface area contributed by atoms with E-state index in [4.69, 9.17) is 0 Å². The maximum atomic E-state index is 4.28. The topological polar surface area (TPSA) is 58.5 Å². The van der Waals surface area contributed by atoms with Gasteiger partial charge in [-0.25, -0.2) is 0 Å². The molecule has 0 amide bonds. The Balaban J connectivity index is 1.45. The van der Waals surface area contributed by atoms with Gasteiger partial charge in [0.1, 0.15) is 0 Å². The normalized spacial score (nSPS) is 11.7. The summed E-state index contributed by atoms with van der Waals surface area (Å²) >= 11 is 0. The SMILES string of the molecule is CC(C)(C)c1[nH]ncc1CNCc1ccccc1-c1ccc(Cn2cccn2)cc1. The fourth-order valence-corrected chi connectivity index (χ4v) is 3.75. The molecule has 0 spiro atoms. The highest BCUT2D eigenvalue weighted by Gasteiger charge is 2.19. The van der Waals surface area contributed by atoms with Gasteiger partial charge in [-0.1, -0.05) is 69.3 Å². The second-order valence-electron chi connectivity index (χ2n) is 8.68. The minimum absolute atomic E-state index is 0.0589. The summed E-state index contributed by atoms with van der Waals surface area (Å²) in [6.45, 7) is 9.00. The van der Waals surface area contributed by atoms with E-state index in [1.807, 2.05) is 29.3 Å². The molecule has 4 rings (SSSR count). The predicted molar refractivity (Wildman–Crippen MR) is 121 cm³/mol. The minimum Gasteiger partial charge on any atom is -0.308 e. The van der Waals surface area contributed by atoms with Crippen molar-refractivity contribution in [1.82, 2.24) is 25.3 Å². The van der Waals surface area contributed by atoms with Crippen LogP contribution in [-0.2, 0) is 25.0 Å². The van der Waals surface area contributed by atoms with E-state index in [-0.39, 0.29) is 5.41 Å². The summed E-state index contributed by atoms with van der Waals surface area (Å²) in [6.07, 6.45) is 5.73. The van der Waals surface area contributed by atoms with Crippen LogP contribution in [-0.4, -0.2) is 20.0 Å². The Kier molecular flexibility index (Phi) is 5.81. The standard InChI is InChI=1S/C25H29N5/c1-25(2,3)24-22(17-27-29-24)16-26-15-21-7-4-5-8-23(21)20-11-9-19(10-12-20)18-30-14-6-13-28-30/h4-14,17,26H,15-16,18H2,1-3H3,(H,27,29). The predicted octanol–water partition coefficient (Wildman–Crippen LogP) is 4.91. The summed E-state index contributed by atoms with van der Waals surface area (Å²) in [5.41, 5.74) is 7.50. The van der Waals surface area contributed by atoms with Crippen molar-refractivity contribution in [3.8, 4) is 11.1 Å². The molecule has 0 saturated carbocycles. The molecule has 0 bridgehead atoms. The first-order valence-corrected chi connectivity index (χ1v) is 10.4. The fourth-order valence-electron chi connectivity index (χ4n) is 3.75. The minimum atomic E-state index is 0.0589. The van der Waals surface area contributed by atoms with Gasteiger partial charge < -0.3 is 5.32 Å². The lowest BCUT2D eigenvalue weighted by Crippen LogP contribution is -2.19. The first-order valence-electron chi connectivity index (χ1n) is 10.4. The smallest absolute Gasteiger partial charge is 0.0659 e. The molecule has 2 N–H and O–H groups in total. The molecule has 2 aromatic carbocycles. The zero-order valence-corrected chi connectivity index (χ0v) is 17.9. The van der Waals surface area contributed by atoms with Gasteiger partial charge in [-0.15, -0.1) is 0 Å². The summed E-state index contributed by atoms with van der Waals surface area (Å²) in [4.78, 5) is 0. The van der Waals surface area contributed by atoms with Crippen molar-refractivity contribution < 1.29 is 0 Å². The van der Waals surface area contributed by atoms with Gasteiger partial charge in [0.2, 0.25) is 0 Å². The molecule has 154 valence electrons. The molecule has 0 saturated heterocycles. The van der Waals surface area contributed by atoms with E-state index >= 15 is 0 Å². The van der Waals surface area contributed by atoms with Crippen LogP contribution in [0.25, 0.3) is 11.1 Å². The highest BCUT2D eigenvalue weighted by Crippen LogP contribution is 2.25. The molecule has 0 aliphatic rings. The van der Waals surface area contributed by atoms with E-state index in [2.05, 4.69) is 89.9 Å². The van der Waals surface area contributed by atoms with Crippen molar-refractivity contribution in [3.05, 3.63) is 95.6 Å². The fraction of sp³-hybridized carbons (Fsp3) is 0.280. The van der Waals surface area contributed by atoms with Gasteiger partial charge in [-0.2, -0.15) is 10.2 Å². The summed E-state index contributed by atoms with van der Waals surface area (Å²) < 4.78 is 1.94. The van der Waals surface area contributed by atoms with E-state index in [0.717, 1.165) is 19.6 Å². The van der Waals surface area contributed by atoms with Crippen molar-refractivity contribution in [1.29, 1.82) is 0 Å². The van der Waals surface area contributed by atoms with Gasteiger partial charge >= 0.3 is 0 Å². The largest absolute Gasteiger partial charge is 0.308 e. The van der Waals surface area contributed by atoms with E-state index in [9.17, 15) is 0 Å². The van der Waals surface area contributed by atoms with E-state index in [1.54, 1.807) is 0 Å². The van der Waals surface area contributed by atoms with Gasteiger partial charge in [-0.05, 0) is 28.3 Å². The number of nitrogens with zero attached hydrogens (tertiary/aromatic N) is 3. The molecule has 5 heteroatoms. The first kappa shape index (κ1) is 20.1. The Morgan fingerprint density at radius 3 is 2.43 bits per heavy atom. The number of rotatable bonds is 7. The van der Waals surface area contributed by atoms with Crippen LogP contribution >= 0.6 is 0 Å². The van der Waals surface area contributed by atoms with Crippen LogP contribution in [0.4, 0.5) is 0 Å². The second-order valence-corrected chi connectivity index (χ2v) is 8.68.